The second-order valence-electron chi connectivity index (χ2n) is 7.54. The summed E-state index contributed by atoms with van der Waals surface area (Å²) in [6, 6.07) is 16.4. The van der Waals surface area contributed by atoms with Gasteiger partial charge < -0.3 is 4.52 Å². The van der Waals surface area contributed by atoms with E-state index in [1.807, 2.05) is 47.9 Å². The molecule has 0 aliphatic heterocycles. The van der Waals surface area contributed by atoms with Crippen molar-refractivity contribution in [1.82, 2.24) is 29.9 Å². The van der Waals surface area contributed by atoms with E-state index in [1.165, 1.54) is 23.9 Å². The Labute approximate surface area is 202 Å². The summed E-state index contributed by atoms with van der Waals surface area (Å²) in [5.74, 6) is 1.25. The van der Waals surface area contributed by atoms with E-state index in [2.05, 4.69) is 25.3 Å². The van der Waals surface area contributed by atoms with Crippen LogP contribution in [0.1, 0.15) is 17.0 Å². The number of hydrogen-bond donors (Lipinski definition) is 0. The van der Waals surface area contributed by atoms with E-state index >= 15 is 0 Å². The molecule has 5 rings (SSSR count). The molecule has 2 aromatic carbocycles. The molecule has 35 heavy (non-hydrogen) atoms. The summed E-state index contributed by atoms with van der Waals surface area (Å²) >= 11 is 1.33. The van der Waals surface area contributed by atoms with Crippen molar-refractivity contribution in [3.63, 3.8) is 0 Å². The Hall–Kier alpha value is -3.99. The number of halogens is 3. The van der Waals surface area contributed by atoms with Crippen LogP contribution in [0.15, 0.2) is 82.7 Å². The Bertz CT molecular complexity index is 1470. The zero-order valence-corrected chi connectivity index (χ0v) is 19.1. The monoisotopic (exact) mass is 494 g/mol. The van der Waals surface area contributed by atoms with Crippen molar-refractivity contribution in [1.29, 1.82) is 0 Å². The Kier molecular flexibility index (Phi) is 6.08. The lowest BCUT2D eigenvalue weighted by atomic mass is 10.1. The first kappa shape index (κ1) is 22.8. The maximum absolute atomic E-state index is 13.0. The number of hydrogen-bond acceptors (Lipinski definition) is 7. The number of pyridine rings is 1. The van der Waals surface area contributed by atoms with Crippen molar-refractivity contribution in [3.8, 4) is 28.5 Å². The van der Waals surface area contributed by atoms with Gasteiger partial charge >= 0.3 is 6.18 Å². The molecule has 0 spiro atoms. The maximum atomic E-state index is 13.0. The predicted octanol–water partition coefficient (Wildman–Crippen LogP) is 6.00. The van der Waals surface area contributed by atoms with E-state index in [0.29, 0.717) is 11.0 Å². The molecule has 7 nitrogen and oxygen atoms in total. The van der Waals surface area contributed by atoms with Crippen molar-refractivity contribution in [2.75, 3.05) is 0 Å². The van der Waals surface area contributed by atoms with E-state index in [1.54, 1.807) is 12.4 Å². The molecule has 3 aromatic heterocycles. The highest BCUT2D eigenvalue weighted by molar-refractivity contribution is 7.98. The Morgan fingerprint density at radius 3 is 2.51 bits per heavy atom. The lowest BCUT2D eigenvalue weighted by Gasteiger charge is -2.12. The third kappa shape index (κ3) is 4.80. The number of nitrogens with zero attached hydrogens (tertiary/aromatic N) is 6. The fourth-order valence-corrected chi connectivity index (χ4v) is 4.26. The van der Waals surface area contributed by atoms with Gasteiger partial charge in [0.1, 0.15) is 0 Å². The van der Waals surface area contributed by atoms with Gasteiger partial charge in [0.05, 0.1) is 17.0 Å². The first-order valence-electron chi connectivity index (χ1n) is 10.4. The van der Waals surface area contributed by atoms with Crippen LogP contribution in [-0.2, 0) is 11.9 Å². The van der Waals surface area contributed by atoms with Gasteiger partial charge in [-0.2, -0.15) is 18.2 Å². The lowest BCUT2D eigenvalue weighted by Crippen LogP contribution is -2.04. The van der Waals surface area contributed by atoms with Crippen LogP contribution in [0.4, 0.5) is 13.2 Å². The van der Waals surface area contributed by atoms with Gasteiger partial charge in [-0.3, -0.25) is 9.55 Å². The molecule has 176 valence electrons. The quantitative estimate of drug-likeness (QED) is 0.268. The van der Waals surface area contributed by atoms with Crippen molar-refractivity contribution in [2.45, 2.75) is 24.0 Å². The highest BCUT2D eigenvalue weighted by atomic mass is 32.2. The molecule has 0 radical (unpaired) electrons. The van der Waals surface area contributed by atoms with Crippen molar-refractivity contribution < 1.29 is 17.7 Å². The molecule has 5 aromatic rings. The van der Waals surface area contributed by atoms with Crippen LogP contribution in [0, 0.1) is 6.92 Å². The Balaban J connectivity index is 1.43. The van der Waals surface area contributed by atoms with Crippen molar-refractivity contribution >= 4 is 11.8 Å². The van der Waals surface area contributed by atoms with E-state index in [9.17, 15) is 13.2 Å². The molecule has 0 saturated carbocycles. The minimum absolute atomic E-state index is 0.0875. The highest BCUT2D eigenvalue weighted by Crippen LogP contribution is 2.33. The van der Waals surface area contributed by atoms with Crippen LogP contribution in [0.5, 0.6) is 0 Å². The maximum Gasteiger partial charge on any atom is 0.416 e. The molecule has 0 saturated heterocycles. The molecule has 11 heteroatoms. The number of para-hydroxylation sites is 1. The van der Waals surface area contributed by atoms with Gasteiger partial charge in [0.25, 0.3) is 0 Å². The molecule has 0 bridgehead atoms. The Morgan fingerprint density at radius 2 is 1.74 bits per heavy atom. The fourth-order valence-electron chi connectivity index (χ4n) is 3.47. The number of benzene rings is 2. The minimum Gasteiger partial charge on any atom is -0.338 e. The summed E-state index contributed by atoms with van der Waals surface area (Å²) in [7, 11) is 0. The second kappa shape index (κ2) is 9.34. The van der Waals surface area contributed by atoms with Gasteiger partial charge in [-0.1, -0.05) is 47.3 Å². The van der Waals surface area contributed by atoms with Crippen LogP contribution in [0.2, 0.25) is 0 Å². The summed E-state index contributed by atoms with van der Waals surface area (Å²) in [6.07, 6.45) is -1.08. The number of aromatic nitrogens is 6. The molecule has 0 unspecified atom stereocenters. The van der Waals surface area contributed by atoms with Gasteiger partial charge in [0.2, 0.25) is 11.7 Å². The standard InChI is InChI=1S/C24H17F3N6OS/c1-15-5-2-3-8-19(15)33-22(16-9-11-28-12-10-16)30-31-23(33)35-14-20-29-21(32-34-20)17-6-4-7-18(13-17)24(25,26)27/h2-13H,14H2,1H3. The lowest BCUT2D eigenvalue weighted by molar-refractivity contribution is -0.137. The Morgan fingerprint density at radius 1 is 0.943 bits per heavy atom. The van der Waals surface area contributed by atoms with E-state index in [-0.39, 0.29) is 23.0 Å². The average molecular weight is 495 g/mol. The summed E-state index contributed by atoms with van der Waals surface area (Å²) in [5, 5.41) is 13.2. The first-order chi connectivity index (χ1) is 16.9. The summed E-state index contributed by atoms with van der Waals surface area (Å²) in [5.41, 5.74) is 2.26. The normalized spacial score (nSPS) is 11.7. The summed E-state index contributed by atoms with van der Waals surface area (Å²) in [4.78, 5) is 8.34. The van der Waals surface area contributed by atoms with Crippen LogP contribution in [-0.4, -0.2) is 29.9 Å². The summed E-state index contributed by atoms with van der Waals surface area (Å²) in [6.45, 7) is 2.00. The summed E-state index contributed by atoms with van der Waals surface area (Å²) < 4.78 is 46.4. The predicted molar refractivity (Wildman–Crippen MR) is 124 cm³/mol. The molecule has 0 atom stereocenters. The van der Waals surface area contributed by atoms with Gasteiger partial charge in [-0.15, -0.1) is 10.2 Å². The third-order valence-electron chi connectivity index (χ3n) is 5.17. The smallest absolute Gasteiger partial charge is 0.338 e. The zero-order chi connectivity index (χ0) is 24.4. The first-order valence-corrected chi connectivity index (χ1v) is 11.4. The van der Waals surface area contributed by atoms with E-state index in [0.717, 1.165) is 28.9 Å². The number of alkyl halides is 3. The SMILES string of the molecule is Cc1ccccc1-n1c(SCc2nc(-c3cccc(C(F)(F)F)c3)no2)nnc1-c1ccncc1. The van der Waals surface area contributed by atoms with Gasteiger partial charge in [0.15, 0.2) is 11.0 Å². The largest absolute Gasteiger partial charge is 0.416 e. The van der Waals surface area contributed by atoms with Gasteiger partial charge in [-0.25, -0.2) is 0 Å². The molecular weight excluding hydrogens is 477 g/mol. The molecule has 0 N–H and O–H groups in total. The second-order valence-corrected chi connectivity index (χ2v) is 8.49. The topological polar surface area (TPSA) is 82.5 Å². The molecule has 0 aliphatic carbocycles. The van der Waals surface area contributed by atoms with E-state index < -0.39 is 11.7 Å². The number of aryl methyl sites for hydroxylation is 1. The van der Waals surface area contributed by atoms with Crippen LogP contribution in [0.3, 0.4) is 0 Å². The van der Waals surface area contributed by atoms with Gasteiger partial charge in [-0.05, 0) is 42.8 Å². The minimum atomic E-state index is -4.45. The molecular formula is C24H17F3N6OS. The number of thioether (sulfide) groups is 1. The molecule has 0 amide bonds. The molecule has 0 fully saturated rings. The van der Waals surface area contributed by atoms with Crippen molar-refractivity contribution in [3.05, 3.63) is 90.1 Å². The molecule has 0 aliphatic rings. The van der Waals surface area contributed by atoms with E-state index in [4.69, 9.17) is 4.52 Å². The highest BCUT2D eigenvalue weighted by Gasteiger charge is 2.30. The number of rotatable bonds is 6. The van der Waals surface area contributed by atoms with Crippen LogP contribution in [0.25, 0.3) is 28.5 Å². The zero-order valence-electron chi connectivity index (χ0n) is 18.3. The van der Waals surface area contributed by atoms with Crippen molar-refractivity contribution in [2.24, 2.45) is 0 Å². The third-order valence-corrected chi connectivity index (χ3v) is 6.08. The van der Waals surface area contributed by atoms with Crippen LogP contribution >= 0.6 is 11.8 Å². The van der Waals surface area contributed by atoms with Crippen LogP contribution < -0.4 is 0 Å². The fraction of sp³-hybridized carbons (Fsp3) is 0.125. The van der Waals surface area contributed by atoms with Gasteiger partial charge in [0, 0.05) is 23.5 Å². The average Bonchev–Trinajstić information content (AvgIpc) is 3.50. The molecule has 3 heterocycles.